The maximum Gasteiger partial charge on any atom is 0.280 e. The summed E-state index contributed by atoms with van der Waals surface area (Å²) in [6.07, 6.45) is 1.40. The van der Waals surface area contributed by atoms with Crippen molar-refractivity contribution in [2.75, 3.05) is 5.73 Å². The molecule has 10 heteroatoms. The van der Waals surface area contributed by atoms with Crippen molar-refractivity contribution in [3.05, 3.63) is 16.7 Å². The molecule has 8 N–H and O–H groups in total. The number of aromatic amines is 2. The van der Waals surface area contributed by atoms with Crippen LogP contribution in [0, 0.1) is 0 Å². The first-order valence-corrected chi connectivity index (χ1v) is 4.94. The van der Waals surface area contributed by atoms with E-state index in [1.807, 2.05) is 0 Å². The lowest BCUT2D eigenvalue weighted by molar-refractivity contribution is 0.485. The topological polar surface area (TPSA) is 167 Å². The van der Waals surface area contributed by atoms with Crippen LogP contribution in [0.1, 0.15) is 0 Å². The molecule has 0 aliphatic heterocycles. The van der Waals surface area contributed by atoms with E-state index in [0.717, 1.165) is 0 Å². The largest absolute Gasteiger partial charge is 0.369 e. The predicted molar refractivity (Wildman–Crippen MR) is 54.5 cm³/mol. The summed E-state index contributed by atoms with van der Waals surface area (Å²) >= 11 is 0. The SMILES string of the molecule is NP(O)O.Nc1nc2[nH]cnc2c(=O)[nH]1. The Labute approximate surface area is 84.1 Å². The summed E-state index contributed by atoms with van der Waals surface area (Å²) in [5.74, 6) is 0.0896. The summed E-state index contributed by atoms with van der Waals surface area (Å²) in [6, 6.07) is 0. The van der Waals surface area contributed by atoms with Crippen LogP contribution in [-0.2, 0) is 0 Å². The highest BCUT2D eigenvalue weighted by atomic mass is 31.2. The molecule has 0 aromatic carbocycles. The van der Waals surface area contributed by atoms with Gasteiger partial charge in [-0.2, -0.15) is 4.98 Å². The third kappa shape index (κ3) is 3.26. The number of nitrogen functional groups attached to an aromatic ring is 1. The molecule has 2 rings (SSSR count). The second-order valence-corrected chi connectivity index (χ2v) is 3.01. The second kappa shape index (κ2) is 4.80. The Bertz CT molecular complexity index is 490. The summed E-state index contributed by atoms with van der Waals surface area (Å²) < 4.78 is 0. The maximum absolute atomic E-state index is 11.0. The van der Waals surface area contributed by atoms with Crippen LogP contribution in [0.2, 0.25) is 0 Å². The quantitative estimate of drug-likeness (QED) is 0.297. The van der Waals surface area contributed by atoms with Crippen LogP contribution in [0.4, 0.5) is 5.95 Å². The van der Waals surface area contributed by atoms with Gasteiger partial charge in [-0.1, -0.05) is 0 Å². The van der Waals surface area contributed by atoms with Gasteiger partial charge in [-0.25, -0.2) is 4.98 Å². The van der Waals surface area contributed by atoms with Gasteiger partial charge in [-0.05, 0) is 0 Å². The Hall–Kier alpha value is -1.54. The number of hydrogen-bond acceptors (Lipinski definition) is 7. The Morgan fingerprint density at radius 1 is 1.47 bits per heavy atom. The van der Waals surface area contributed by atoms with Gasteiger partial charge in [0.05, 0.1) is 6.33 Å². The van der Waals surface area contributed by atoms with Crippen LogP contribution < -0.4 is 16.8 Å². The molecule has 15 heavy (non-hydrogen) atoms. The molecule has 0 radical (unpaired) electrons. The molecule has 0 fully saturated rings. The first kappa shape index (κ1) is 11.5. The second-order valence-electron chi connectivity index (χ2n) is 2.37. The summed E-state index contributed by atoms with van der Waals surface area (Å²) in [5, 5.41) is 0. The van der Waals surface area contributed by atoms with E-state index < -0.39 is 8.53 Å². The lowest BCUT2D eigenvalue weighted by atomic mass is 10.5. The van der Waals surface area contributed by atoms with Crippen molar-refractivity contribution in [2.24, 2.45) is 5.50 Å². The zero-order valence-electron chi connectivity index (χ0n) is 7.38. The van der Waals surface area contributed by atoms with E-state index in [9.17, 15) is 4.79 Å². The summed E-state index contributed by atoms with van der Waals surface area (Å²) in [7, 11) is -2.12. The minimum Gasteiger partial charge on any atom is -0.369 e. The lowest BCUT2D eigenvalue weighted by Gasteiger charge is -1.89. The molecule has 2 aromatic heterocycles. The van der Waals surface area contributed by atoms with Crippen molar-refractivity contribution in [1.82, 2.24) is 19.9 Å². The fraction of sp³-hybridized carbons (Fsp3) is 0. The standard InChI is InChI=1S/C5H5N5O.H4NO2P/c6-5-9-3-2(4(11)10-5)7-1-8-3;1-4(2)3/h1H,(H4,6,7,8,9,10,11);2-3H,1H2. The van der Waals surface area contributed by atoms with Gasteiger partial charge in [-0.15, -0.1) is 0 Å². The third-order valence-corrected chi connectivity index (χ3v) is 1.31. The molecule has 0 atom stereocenters. The zero-order chi connectivity index (χ0) is 11.4. The van der Waals surface area contributed by atoms with Crippen LogP contribution in [-0.4, -0.2) is 29.7 Å². The highest BCUT2D eigenvalue weighted by Crippen LogP contribution is 2.05. The highest BCUT2D eigenvalue weighted by molar-refractivity contribution is 7.42. The number of imidazole rings is 1. The number of nitrogens with one attached hydrogen (secondary N) is 2. The van der Waals surface area contributed by atoms with Crippen molar-refractivity contribution < 1.29 is 9.79 Å². The van der Waals surface area contributed by atoms with Gasteiger partial charge in [0.1, 0.15) is 0 Å². The molecule has 2 aromatic rings. The van der Waals surface area contributed by atoms with Gasteiger partial charge in [0.25, 0.3) is 5.56 Å². The fourth-order valence-corrected chi connectivity index (χ4v) is 0.863. The highest BCUT2D eigenvalue weighted by Gasteiger charge is 2.01. The zero-order valence-corrected chi connectivity index (χ0v) is 8.27. The normalized spacial score (nSPS) is 10.1. The van der Waals surface area contributed by atoms with Gasteiger partial charge < -0.3 is 20.5 Å². The molecule has 0 saturated carbocycles. The van der Waals surface area contributed by atoms with E-state index in [1.54, 1.807) is 0 Å². The summed E-state index contributed by atoms with van der Waals surface area (Å²) in [5.41, 5.74) is 9.92. The Balaban J connectivity index is 0.000000245. The van der Waals surface area contributed by atoms with Gasteiger partial charge in [-0.3, -0.25) is 15.3 Å². The average molecular weight is 232 g/mol. The van der Waals surface area contributed by atoms with Gasteiger partial charge in [0, 0.05) is 0 Å². The Morgan fingerprint density at radius 3 is 2.67 bits per heavy atom. The number of anilines is 1. The number of H-pyrrole nitrogens is 2. The van der Waals surface area contributed by atoms with Crippen LogP contribution >= 0.6 is 8.53 Å². The Morgan fingerprint density at radius 2 is 2.07 bits per heavy atom. The number of aromatic nitrogens is 4. The van der Waals surface area contributed by atoms with Crippen molar-refractivity contribution in [1.29, 1.82) is 0 Å². The monoisotopic (exact) mass is 232 g/mol. The van der Waals surface area contributed by atoms with Crippen LogP contribution in [0.25, 0.3) is 11.2 Å². The number of hydrogen-bond donors (Lipinski definition) is 6. The molecular weight excluding hydrogens is 223 g/mol. The average Bonchev–Trinajstić information content (AvgIpc) is 2.50. The molecule has 0 spiro atoms. The number of rotatable bonds is 0. The van der Waals surface area contributed by atoms with Crippen molar-refractivity contribution >= 4 is 25.6 Å². The van der Waals surface area contributed by atoms with E-state index in [1.165, 1.54) is 6.33 Å². The van der Waals surface area contributed by atoms with E-state index >= 15 is 0 Å². The maximum atomic E-state index is 11.0. The van der Waals surface area contributed by atoms with Crippen LogP contribution in [0.3, 0.4) is 0 Å². The van der Waals surface area contributed by atoms with E-state index in [0.29, 0.717) is 5.65 Å². The van der Waals surface area contributed by atoms with Crippen LogP contribution in [0.15, 0.2) is 11.1 Å². The minimum atomic E-state index is -2.12. The number of nitrogens with zero attached hydrogens (tertiary/aromatic N) is 2. The summed E-state index contributed by atoms with van der Waals surface area (Å²) in [4.78, 5) is 38.5. The molecule has 2 heterocycles. The molecule has 0 bridgehead atoms. The van der Waals surface area contributed by atoms with Gasteiger partial charge in [0.15, 0.2) is 11.2 Å². The van der Waals surface area contributed by atoms with Crippen LogP contribution in [0.5, 0.6) is 0 Å². The van der Waals surface area contributed by atoms with Crippen molar-refractivity contribution in [3.63, 3.8) is 0 Å². The molecular formula is C5H9N6O3P. The van der Waals surface area contributed by atoms with Crippen molar-refractivity contribution in [2.45, 2.75) is 0 Å². The van der Waals surface area contributed by atoms with Gasteiger partial charge in [0.2, 0.25) is 14.5 Å². The lowest BCUT2D eigenvalue weighted by Crippen LogP contribution is -2.10. The summed E-state index contributed by atoms with van der Waals surface area (Å²) in [6.45, 7) is 0. The molecule has 0 aliphatic carbocycles. The first-order valence-electron chi connectivity index (χ1n) is 3.62. The minimum absolute atomic E-state index is 0.0896. The van der Waals surface area contributed by atoms with Gasteiger partial charge >= 0.3 is 0 Å². The number of nitrogens with two attached hydrogens (primary N) is 2. The molecule has 0 unspecified atom stereocenters. The molecule has 82 valence electrons. The molecule has 0 aliphatic rings. The van der Waals surface area contributed by atoms with E-state index in [-0.39, 0.29) is 17.0 Å². The predicted octanol–water partition coefficient (Wildman–Crippen LogP) is -1.62. The van der Waals surface area contributed by atoms with E-state index in [2.05, 4.69) is 25.4 Å². The molecule has 0 amide bonds. The van der Waals surface area contributed by atoms with Crippen molar-refractivity contribution in [3.8, 4) is 0 Å². The number of fused-ring (bicyclic) bond motifs is 1. The third-order valence-electron chi connectivity index (χ3n) is 1.31. The first-order chi connectivity index (χ1) is 7.00. The molecule has 0 saturated heterocycles. The fourth-order valence-electron chi connectivity index (χ4n) is 0.863. The molecule has 9 nitrogen and oxygen atoms in total. The smallest absolute Gasteiger partial charge is 0.280 e. The van der Waals surface area contributed by atoms with E-state index in [4.69, 9.17) is 15.5 Å². The Kier molecular flexibility index (Phi) is 3.69.